The van der Waals surface area contributed by atoms with E-state index in [0.29, 0.717) is 5.92 Å². The molecule has 0 aliphatic carbocycles. The van der Waals surface area contributed by atoms with Crippen molar-refractivity contribution in [3.8, 4) is 6.07 Å². The first-order chi connectivity index (χ1) is 8.19. The Balaban J connectivity index is 0.00000120. The third-order valence-electron chi connectivity index (χ3n) is 5.10. The van der Waals surface area contributed by atoms with E-state index in [-0.39, 0.29) is 29.5 Å². The van der Waals surface area contributed by atoms with Crippen LogP contribution in [0.3, 0.4) is 0 Å². The van der Waals surface area contributed by atoms with Crippen LogP contribution < -0.4 is 24.0 Å². The van der Waals surface area contributed by atoms with E-state index in [2.05, 4.69) is 18.0 Å². The average molecular weight is 363 g/mol. The Morgan fingerprint density at radius 2 is 1.89 bits per heavy atom. The normalized spacial score (nSPS) is 44.1. The van der Waals surface area contributed by atoms with Crippen molar-refractivity contribution in [1.82, 2.24) is 4.90 Å². The van der Waals surface area contributed by atoms with Crippen LogP contribution >= 0.6 is 0 Å². The third-order valence-corrected chi connectivity index (χ3v) is 5.10. The molecule has 0 N–H and O–H groups in total. The van der Waals surface area contributed by atoms with Crippen LogP contribution in [0.4, 0.5) is 0 Å². The van der Waals surface area contributed by atoms with Crippen molar-refractivity contribution in [3.05, 3.63) is 0 Å². The van der Waals surface area contributed by atoms with E-state index in [1.807, 2.05) is 0 Å². The number of ether oxygens (including phenoxy) is 1. The van der Waals surface area contributed by atoms with E-state index in [1.165, 1.54) is 25.9 Å². The van der Waals surface area contributed by atoms with Crippen LogP contribution in [0, 0.1) is 17.2 Å². The van der Waals surface area contributed by atoms with Crippen molar-refractivity contribution in [3.63, 3.8) is 0 Å². The molecule has 0 amide bonds. The summed E-state index contributed by atoms with van der Waals surface area (Å²) in [6.45, 7) is 7.00. The average Bonchev–Trinajstić information content (AvgIpc) is 2.39. The zero-order valence-corrected chi connectivity index (χ0v) is 13.2. The van der Waals surface area contributed by atoms with Gasteiger partial charge >= 0.3 is 0 Å². The fourth-order valence-electron chi connectivity index (χ4n) is 4.06. The standard InChI is InChI=1S/C13H22N3O.HI/c1-16-6-2-12(3-7-16)13(10-14,11-16)15-4-8-17-9-5-15;/h12H,2-9,11H2,1H3;1H/q+1;/p-1. The summed E-state index contributed by atoms with van der Waals surface area (Å²) in [6.07, 6.45) is 2.45. The van der Waals surface area contributed by atoms with Gasteiger partial charge in [-0.1, -0.05) is 0 Å². The molecule has 4 rings (SSSR count). The van der Waals surface area contributed by atoms with Crippen LogP contribution in [-0.2, 0) is 4.74 Å². The summed E-state index contributed by atoms with van der Waals surface area (Å²) >= 11 is 0. The predicted octanol–water partition coefficient (Wildman–Crippen LogP) is -2.54. The summed E-state index contributed by atoms with van der Waals surface area (Å²) in [5, 5.41) is 9.79. The van der Waals surface area contributed by atoms with E-state index < -0.39 is 0 Å². The fourth-order valence-corrected chi connectivity index (χ4v) is 4.06. The van der Waals surface area contributed by atoms with Crippen molar-refractivity contribution >= 4 is 0 Å². The molecule has 4 aliphatic heterocycles. The summed E-state index contributed by atoms with van der Waals surface area (Å²) in [6, 6.07) is 2.70. The van der Waals surface area contributed by atoms with Crippen molar-refractivity contribution < 1.29 is 33.2 Å². The first kappa shape index (κ1) is 14.5. The van der Waals surface area contributed by atoms with Crippen LogP contribution in [0.2, 0.25) is 0 Å². The fraction of sp³-hybridized carbons (Fsp3) is 0.923. The lowest BCUT2D eigenvalue weighted by molar-refractivity contribution is -0.930. The van der Waals surface area contributed by atoms with Gasteiger partial charge in [0.15, 0.2) is 5.54 Å². The minimum Gasteiger partial charge on any atom is -1.00 e. The molecular formula is C13H22IN3O. The Hall–Kier alpha value is 0.1000. The highest BCUT2D eigenvalue weighted by Crippen LogP contribution is 2.42. The van der Waals surface area contributed by atoms with Crippen molar-refractivity contribution in [1.29, 1.82) is 5.26 Å². The molecule has 0 radical (unpaired) electrons. The van der Waals surface area contributed by atoms with Crippen molar-refractivity contribution in [2.45, 2.75) is 18.4 Å². The Labute approximate surface area is 126 Å². The Bertz CT molecular complexity index is 343. The molecule has 4 heterocycles. The lowest BCUT2D eigenvalue weighted by Gasteiger charge is -2.57. The third kappa shape index (κ3) is 2.17. The number of likely N-dealkylation sites (N-methyl/N-ethyl adjacent to an activating group) is 1. The quantitative estimate of drug-likeness (QED) is 0.381. The summed E-state index contributed by atoms with van der Waals surface area (Å²) in [5.41, 5.74) is -0.199. The van der Waals surface area contributed by atoms with Crippen LogP contribution in [0.1, 0.15) is 12.8 Å². The molecule has 1 atom stereocenters. The highest BCUT2D eigenvalue weighted by molar-refractivity contribution is 5.15. The molecule has 0 aromatic carbocycles. The largest absolute Gasteiger partial charge is 1.00 e. The first-order valence-corrected chi connectivity index (χ1v) is 6.76. The second-order valence-corrected chi connectivity index (χ2v) is 6.13. The molecule has 0 aromatic rings. The maximum Gasteiger partial charge on any atom is 0.162 e. The maximum absolute atomic E-state index is 9.79. The van der Waals surface area contributed by atoms with Gasteiger partial charge in [0.1, 0.15) is 6.54 Å². The van der Waals surface area contributed by atoms with Gasteiger partial charge in [-0.25, -0.2) is 0 Å². The van der Waals surface area contributed by atoms with Crippen LogP contribution in [0.25, 0.3) is 0 Å². The molecule has 4 aliphatic rings. The number of quaternary nitrogens is 1. The number of nitriles is 1. The summed E-state index contributed by atoms with van der Waals surface area (Å²) in [7, 11) is 2.32. The molecule has 102 valence electrons. The molecule has 2 bridgehead atoms. The first-order valence-electron chi connectivity index (χ1n) is 6.76. The van der Waals surface area contributed by atoms with Gasteiger partial charge in [-0.2, -0.15) is 5.26 Å². The molecule has 1 unspecified atom stereocenters. The van der Waals surface area contributed by atoms with Gasteiger partial charge in [-0.15, -0.1) is 0 Å². The van der Waals surface area contributed by atoms with Gasteiger partial charge in [0.25, 0.3) is 0 Å². The number of nitrogens with zero attached hydrogens (tertiary/aromatic N) is 3. The number of rotatable bonds is 1. The number of hydrogen-bond donors (Lipinski definition) is 0. The van der Waals surface area contributed by atoms with E-state index in [4.69, 9.17) is 4.74 Å². The molecule has 5 heteroatoms. The van der Waals surface area contributed by atoms with E-state index in [0.717, 1.165) is 37.3 Å². The molecule has 4 saturated heterocycles. The summed E-state index contributed by atoms with van der Waals surface area (Å²) in [5.74, 6) is 0.588. The Morgan fingerprint density at radius 1 is 1.28 bits per heavy atom. The van der Waals surface area contributed by atoms with Gasteiger partial charge < -0.3 is 33.2 Å². The smallest absolute Gasteiger partial charge is 0.162 e. The minimum absolute atomic E-state index is 0. The van der Waals surface area contributed by atoms with Gasteiger partial charge in [0.05, 0.1) is 39.4 Å². The van der Waals surface area contributed by atoms with Crippen LogP contribution in [-0.4, -0.2) is 67.9 Å². The predicted molar refractivity (Wildman–Crippen MR) is 64.2 cm³/mol. The van der Waals surface area contributed by atoms with Gasteiger partial charge in [0, 0.05) is 31.8 Å². The van der Waals surface area contributed by atoms with E-state index in [9.17, 15) is 5.26 Å². The Kier molecular flexibility index (Phi) is 4.22. The SMILES string of the molecule is C[N+]12CCC(CC1)C(C#N)(N1CCOCC1)C2.[I-]. The molecule has 0 saturated carbocycles. The minimum atomic E-state index is -0.199. The van der Waals surface area contributed by atoms with E-state index in [1.54, 1.807) is 0 Å². The Morgan fingerprint density at radius 3 is 2.39 bits per heavy atom. The maximum atomic E-state index is 9.79. The second kappa shape index (κ2) is 5.23. The zero-order chi connectivity index (χ0) is 11.9. The molecule has 4 fully saturated rings. The number of fused-ring (bicyclic) bond motifs is 3. The second-order valence-electron chi connectivity index (χ2n) is 6.13. The van der Waals surface area contributed by atoms with Crippen molar-refractivity contribution in [2.75, 3.05) is 53.0 Å². The molecule has 0 aromatic heterocycles. The topological polar surface area (TPSA) is 36.3 Å². The van der Waals surface area contributed by atoms with Gasteiger partial charge in [-0.3, -0.25) is 4.90 Å². The summed E-state index contributed by atoms with van der Waals surface area (Å²) in [4.78, 5) is 2.41. The zero-order valence-electron chi connectivity index (χ0n) is 11.1. The monoisotopic (exact) mass is 363 g/mol. The number of morpholine rings is 1. The lowest BCUT2D eigenvalue weighted by Crippen LogP contribution is -3.00. The van der Waals surface area contributed by atoms with Crippen LogP contribution in [0.5, 0.6) is 0 Å². The lowest BCUT2D eigenvalue weighted by atomic mass is 9.71. The number of halogens is 1. The van der Waals surface area contributed by atoms with Gasteiger partial charge in [-0.05, 0) is 0 Å². The van der Waals surface area contributed by atoms with Gasteiger partial charge in [0.2, 0.25) is 0 Å². The van der Waals surface area contributed by atoms with Crippen molar-refractivity contribution in [2.24, 2.45) is 5.92 Å². The molecular weight excluding hydrogens is 341 g/mol. The number of piperidine rings is 3. The van der Waals surface area contributed by atoms with Crippen LogP contribution in [0.15, 0.2) is 0 Å². The molecule has 18 heavy (non-hydrogen) atoms. The number of hydrogen-bond acceptors (Lipinski definition) is 3. The molecule has 0 spiro atoms. The highest BCUT2D eigenvalue weighted by Gasteiger charge is 2.57. The molecule has 4 nitrogen and oxygen atoms in total. The summed E-state index contributed by atoms with van der Waals surface area (Å²) < 4.78 is 6.53. The highest BCUT2D eigenvalue weighted by atomic mass is 127. The van der Waals surface area contributed by atoms with E-state index >= 15 is 0 Å².